The van der Waals surface area contributed by atoms with Crippen LogP contribution in [0.25, 0.3) is 16.6 Å². The van der Waals surface area contributed by atoms with Crippen molar-refractivity contribution in [1.29, 1.82) is 0 Å². The maximum absolute atomic E-state index is 5.83. The van der Waals surface area contributed by atoms with Gasteiger partial charge in [-0.25, -0.2) is 0 Å². The highest BCUT2D eigenvalue weighted by Crippen LogP contribution is 2.46. The molecular weight excluding hydrogens is 292 g/mol. The van der Waals surface area contributed by atoms with Crippen molar-refractivity contribution in [1.82, 2.24) is 9.88 Å². The Kier molecular flexibility index (Phi) is 3.46. The van der Waals surface area contributed by atoms with Crippen molar-refractivity contribution in [3.63, 3.8) is 0 Å². The van der Waals surface area contributed by atoms with Gasteiger partial charge in [0, 0.05) is 30.1 Å². The second kappa shape index (κ2) is 5.36. The molecule has 1 aromatic carbocycles. The molecule has 0 bridgehead atoms. The second-order valence-corrected chi connectivity index (χ2v) is 6.76. The standard InChI is InChI=1S/C18H22N2OS/c1-3-11-8-9-15(22)20-10-14(21-2)16-12-6-4-5-7-13(12)19-17(16)18(11)20/h4-7,14-15,19,22H,3,8-10H2,1-2H3. The van der Waals surface area contributed by atoms with Crippen molar-refractivity contribution in [3.05, 3.63) is 41.1 Å². The molecule has 0 fully saturated rings. The third-order valence-corrected chi connectivity index (χ3v) is 5.60. The minimum Gasteiger partial charge on any atom is -0.375 e. The van der Waals surface area contributed by atoms with Crippen LogP contribution < -0.4 is 0 Å². The molecule has 1 aromatic heterocycles. The molecule has 2 unspecified atom stereocenters. The van der Waals surface area contributed by atoms with E-state index in [1.165, 1.54) is 33.4 Å². The van der Waals surface area contributed by atoms with E-state index in [4.69, 9.17) is 17.4 Å². The van der Waals surface area contributed by atoms with Gasteiger partial charge in [-0.3, -0.25) is 0 Å². The number of hydrogen-bond acceptors (Lipinski definition) is 3. The van der Waals surface area contributed by atoms with Gasteiger partial charge in [-0.2, -0.15) is 12.6 Å². The molecule has 0 aliphatic carbocycles. The van der Waals surface area contributed by atoms with Gasteiger partial charge in [-0.1, -0.05) is 25.1 Å². The van der Waals surface area contributed by atoms with Gasteiger partial charge in [0.15, 0.2) is 0 Å². The fourth-order valence-corrected chi connectivity index (χ4v) is 4.29. The summed E-state index contributed by atoms with van der Waals surface area (Å²) < 4.78 is 5.83. The van der Waals surface area contributed by atoms with Crippen LogP contribution in [0.3, 0.4) is 0 Å². The highest BCUT2D eigenvalue weighted by atomic mass is 32.1. The van der Waals surface area contributed by atoms with Gasteiger partial charge < -0.3 is 14.6 Å². The molecule has 1 N–H and O–H groups in total. The van der Waals surface area contributed by atoms with Crippen molar-refractivity contribution >= 4 is 29.2 Å². The van der Waals surface area contributed by atoms with Crippen molar-refractivity contribution in [2.75, 3.05) is 13.7 Å². The van der Waals surface area contributed by atoms with E-state index in [2.05, 4.69) is 41.1 Å². The fourth-order valence-electron chi connectivity index (χ4n) is 3.95. The molecule has 0 saturated heterocycles. The van der Waals surface area contributed by atoms with Crippen LogP contribution in [-0.4, -0.2) is 28.9 Å². The third-order valence-electron chi connectivity index (χ3n) is 5.07. The molecule has 3 heterocycles. The molecular formula is C18H22N2OS. The van der Waals surface area contributed by atoms with Crippen LogP contribution in [0.15, 0.2) is 29.8 Å². The lowest BCUT2D eigenvalue weighted by Crippen LogP contribution is -2.41. The summed E-state index contributed by atoms with van der Waals surface area (Å²) in [7, 11) is 1.81. The van der Waals surface area contributed by atoms with Crippen molar-refractivity contribution in [2.45, 2.75) is 37.7 Å². The highest BCUT2D eigenvalue weighted by molar-refractivity contribution is 7.80. The monoisotopic (exact) mass is 314 g/mol. The Morgan fingerprint density at radius 3 is 2.95 bits per heavy atom. The molecule has 2 atom stereocenters. The maximum atomic E-state index is 5.83. The minimum atomic E-state index is 0.0979. The highest BCUT2D eigenvalue weighted by Gasteiger charge is 2.37. The number of aromatic nitrogens is 1. The molecule has 0 amide bonds. The summed E-state index contributed by atoms with van der Waals surface area (Å²) in [6, 6.07) is 8.53. The van der Waals surface area contributed by atoms with E-state index in [0.29, 0.717) is 0 Å². The predicted octanol–water partition coefficient (Wildman–Crippen LogP) is 4.34. The van der Waals surface area contributed by atoms with Gasteiger partial charge in [0.1, 0.15) is 6.10 Å². The number of aromatic amines is 1. The Morgan fingerprint density at radius 2 is 2.18 bits per heavy atom. The van der Waals surface area contributed by atoms with Crippen LogP contribution >= 0.6 is 12.6 Å². The summed E-state index contributed by atoms with van der Waals surface area (Å²) in [5, 5.41) is 1.57. The molecule has 2 aromatic rings. The Balaban J connectivity index is 2.01. The maximum Gasteiger partial charge on any atom is 0.102 e. The average Bonchev–Trinajstić information content (AvgIpc) is 2.94. The van der Waals surface area contributed by atoms with E-state index in [9.17, 15) is 0 Å². The van der Waals surface area contributed by atoms with Gasteiger partial charge in [0.2, 0.25) is 0 Å². The summed E-state index contributed by atoms with van der Waals surface area (Å²) in [6.45, 7) is 3.14. The zero-order valence-electron chi connectivity index (χ0n) is 13.1. The summed E-state index contributed by atoms with van der Waals surface area (Å²) in [4.78, 5) is 6.08. The molecule has 22 heavy (non-hydrogen) atoms. The number of ether oxygens (including phenoxy) is 1. The first-order chi connectivity index (χ1) is 10.7. The van der Waals surface area contributed by atoms with E-state index in [-0.39, 0.29) is 11.5 Å². The van der Waals surface area contributed by atoms with Gasteiger partial charge in [0.25, 0.3) is 0 Å². The van der Waals surface area contributed by atoms with Crippen LogP contribution in [0.1, 0.15) is 43.5 Å². The molecule has 3 nitrogen and oxygen atoms in total. The van der Waals surface area contributed by atoms with Crippen LogP contribution in [0.5, 0.6) is 0 Å². The number of benzene rings is 1. The number of allylic oxidation sites excluding steroid dienone is 1. The average molecular weight is 314 g/mol. The molecule has 2 aliphatic heterocycles. The summed E-state index contributed by atoms with van der Waals surface area (Å²) in [6.07, 6.45) is 3.45. The number of thiol groups is 1. The largest absolute Gasteiger partial charge is 0.375 e. The van der Waals surface area contributed by atoms with Crippen LogP contribution in [0.2, 0.25) is 0 Å². The Hall–Kier alpha value is -1.39. The normalized spacial score (nSPS) is 24.6. The van der Waals surface area contributed by atoms with Gasteiger partial charge >= 0.3 is 0 Å². The molecule has 116 valence electrons. The van der Waals surface area contributed by atoms with E-state index in [0.717, 1.165) is 25.8 Å². The lowest BCUT2D eigenvalue weighted by molar-refractivity contribution is 0.0703. The number of rotatable bonds is 2. The zero-order chi connectivity index (χ0) is 15.3. The molecule has 0 saturated carbocycles. The molecule has 4 heteroatoms. The molecule has 4 rings (SSSR count). The van der Waals surface area contributed by atoms with Gasteiger partial charge in [-0.15, -0.1) is 0 Å². The number of nitrogens with zero attached hydrogens (tertiary/aromatic N) is 1. The van der Waals surface area contributed by atoms with Gasteiger partial charge in [-0.05, 0) is 30.9 Å². The van der Waals surface area contributed by atoms with E-state index in [1.54, 1.807) is 0 Å². The van der Waals surface area contributed by atoms with E-state index in [1.807, 2.05) is 7.11 Å². The van der Waals surface area contributed by atoms with Crippen molar-refractivity contribution < 1.29 is 4.74 Å². The number of H-pyrrole nitrogens is 1. The molecule has 0 radical (unpaired) electrons. The molecule has 0 spiro atoms. The van der Waals surface area contributed by atoms with Crippen molar-refractivity contribution in [2.24, 2.45) is 0 Å². The smallest absolute Gasteiger partial charge is 0.102 e. The summed E-state index contributed by atoms with van der Waals surface area (Å²) >= 11 is 4.82. The SMILES string of the molecule is CCC1=C2c3[nH]c4ccccc4c3C(OC)CN2C(S)CC1. The first-order valence-electron chi connectivity index (χ1n) is 8.05. The first kappa shape index (κ1) is 14.2. The Bertz CT molecular complexity index is 749. The topological polar surface area (TPSA) is 28.3 Å². The van der Waals surface area contributed by atoms with Gasteiger partial charge in [0.05, 0.1) is 16.8 Å². The summed E-state index contributed by atoms with van der Waals surface area (Å²) in [5.74, 6) is 0. The first-order valence-corrected chi connectivity index (χ1v) is 8.56. The number of fused-ring (bicyclic) bond motifs is 5. The minimum absolute atomic E-state index is 0.0979. The predicted molar refractivity (Wildman–Crippen MR) is 94.0 cm³/mol. The number of nitrogens with one attached hydrogen (secondary N) is 1. The lowest BCUT2D eigenvalue weighted by Gasteiger charge is -2.43. The number of hydrogen-bond donors (Lipinski definition) is 2. The van der Waals surface area contributed by atoms with E-state index < -0.39 is 0 Å². The second-order valence-electron chi connectivity index (χ2n) is 6.16. The number of para-hydroxylation sites is 1. The molecule has 2 aliphatic rings. The lowest BCUT2D eigenvalue weighted by atomic mass is 9.90. The van der Waals surface area contributed by atoms with Crippen LogP contribution in [0, 0.1) is 0 Å². The fraction of sp³-hybridized carbons (Fsp3) is 0.444. The Morgan fingerprint density at radius 1 is 1.36 bits per heavy atom. The zero-order valence-corrected chi connectivity index (χ0v) is 14.0. The van der Waals surface area contributed by atoms with Crippen LogP contribution in [0.4, 0.5) is 0 Å². The van der Waals surface area contributed by atoms with Crippen molar-refractivity contribution in [3.8, 4) is 0 Å². The Labute approximate surface area is 136 Å². The quantitative estimate of drug-likeness (QED) is 0.807. The third kappa shape index (κ3) is 1.94. The number of methoxy groups -OCH3 is 1. The van der Waals surface area contributed by atoms with E-state index >= 15 is 0 Å². The summed E-state index contributed by atoms with van der Waals surface area (Å²) in [5.41, 5.74) is 6.66. The van der Waals surface area contributed by atoms with Crippen LogP contribution in [-0.2, 0) is 4.74 Å².